The van der Waals surface area contributed by atoms with E-state index in [1.165, 1.54) is 6.07 Å². The second-order valence-corrected chi connectivity index (χ2v) is 8.70. The van der Waals surface area contributed by atoms with Gasteiger partial charge in [0, 0.05) is 24.7 Å². The summed E-state index contributed by atoms with van der Waals surface area (Å²) in [6, 6.07) is 9.78. The Balaban J connectivity index is 1.30. The minimum atomic E-state index is -0.575. The molecule has 2 aromatic carbocycles. The van der Waals surface area contributed by atoms with Gasteiger partial charge in [-0.15, -0.1) is 0 Å². The van der Waals surface area contributed by atoms with Crippen LogP contribution in [0.5, 0.6) is 11.5 Å². The molecule has 1 fully saturated rings. The molecule has 11 heteroatoms. The summed E-state index contributed by atoms with van der Waals surface area (Å²) in [6.45, 7) is 3.28. The molecule has 2 aliphatic rings. The van der Waals surface area contributed by atoms with Crippen LogP contribution in [0.1, 0.15) is 35.7 Å². The minimum Gasteiger partial charge on any atom is -0.454 e. The Morgan fingerprint density at radius 3 is 2.64 bits per heavy atom. The molecular weight excluding hydrogens is 468 g/mol. The van der Waals surface area contributed by atoms with E-state index in [0.717, 1.165) is 10.1 Å². The number of carbonyl (C=O) groups is 2. The van der Waals surface area contributed by atoms with Crippen LogP contribution < -0.4 is 26.0 Å². The summed E-state index contributed by atoms with van der Waals surface area (Å²) in [7, 11) is 0. The van der Waals surface area contributed by atoms with Crippen molar-refractivity contribution >= 4 is 22.9 Å². The molecule has 188 valence electrons. The molecule has 0 aliphatic carbocycles. The number of H-pyrrole nitrogens is 1. The minimum absolute atomic E-state index is 0.0630. The van der Waals surface area contributed by atoms with Crippen LogP contribution >= 0.6 is 0 Å². The van der Waals surface area contributed by atoms with Gasteiger partial charge in [-0.25, -0.2) is 9.59 Å². The van der Waals surface area contributed by atoms with Gasteiger partial charge in [0.2, 0.25) is 6.79 Å². The first-order chi connectivity index (χ1) is 17.4. The van der Waals surface area contributed by atoms with Gasteiger partial charge < -0.3 is 29.4 Å². The van der Waals surface area contributed by atoms with E-state index in [-0.39, 0.29) is 36.9 Å². The van der Waals surface area contributed by atoms with Crippen molar-refractivity contribution in [1.82, 2.24) is 19.8 Å². The summed E-state index contributed by atoms with van der Waals surface area (Å²) < 4.78 is 16.8. The number of nitrogens with zero attached hydrogens (tertiary/aromatic N) is 2. The number of carbonyl (C=O) groups excluding carboxylic acids is 2. The van der Waals surface area contributed by atoms with Crippen molar-refractivity contribution in [3.05, 3.63) is 68.4 Å². The van der Waals surface area contributed by atoms with E-state index in [0.29, 0.717) is 55.0 Å². The normalized spacial score (nSPS) is 15.2. The van der Waals surface area contributed by atoms with Gasteiger partial charge in [-0.3, -0.25) is 14.2 Å². The Morgan fingerprint density at radius 2 is 1.86 bits per heavy atom. The van der Waals surface area contributed by atoms with Gasteiger partial charge in [0.15, 0.2) is 11.5 Å². The molecule has 36 heavy (non-hydrogen) atoms. The van der Waals surface area contributed by atoms with Gasteiger partial charge in [0.05, 0.1) is 24.1 Å². The van der Waals surface area contributed by atoms with Crippen molar-refractivity contribution in [1.29, 1.82) is 0 Å². The number of likely N-dealkylation sites (tertiary alicyclic amines) is 1. The number of aromatic amines is 1. The van der Waals surface area contributed by atoms with E-state index >= 15 is 0 Å². The average Bonchev–Trinajstić information content (AvgIpc) is 3.35. The van der Waals surface area contributed by atoms with Crippen LogP contribution in [0.2, 0.25) is 0 Å². The number of fused-ring (bicyclic) bond motifs is 2. The summed E-state index contributed by atoms with van der Waals surface area (Å²) in [5.74, 6) is 0.880. The van der Waals surface area contributed by atoms with E-state index in [1.807, 2.05) is 0 Å². The number of hydrogen-bond acceptors (Lipinski definition) is 7. The highest BCUT2D eigenvalue weighted by Crippen LogP contribution is 2.32. The van der Waals surface area contributed by atoms with Crippen LogP contribution in [0, 0.1) is 0 Å². The van der Waals surface area contributed by atoms with Crippen molar-refractivity contribution in [3.63, 3.8) is 0 Å². The fraction of sp³-hybridized carbons (Fsp3) is 0.360. The molecule has 0 spiro atoms. The van der Waals surface area contributed by atoms with Crippen molar-refractivity contribution in [3.8, 4) is 11.5 Å². The molecule has 11 nitrogen and oxygen atoms in total. The Bertz CT molecular complexity index is 1440. The molecule has 1 saturated heterocycles. The predicted molar refractivity (Wildman–Crippen MR) is 130 cm³/mol. The lowest BCUT2D eigenvalue weighted by Crippen LogP contribution is -2.46. The number of benzene rings is 2. The standard InChI is InChI=1S/C25H26N4O7/c1-2-34-25(33)28-9-7-17(8-10-28)26-22(30)16-4-5-18-19(12-16)27-24(32)29(23(18)31)13-15-3-6-20-21(11-15)36-14-35-20/h3-6,11-12,17H,2,7-10,13-14H2,1H3,(H,26,30)(H,27,32). The second-order valence-electron chi connectivity index (χ2n) is 8.70. The first kappa shape index (κ1) is 23.5. The van der Waals surface area contributed by atoms with Crippen molar-refractivity contribution in [2.45, 2.75) is 32.4 Å². The lowest BCUT2D eigenvalue weighted by Gasteiger charge is -2.31. The van der Waals surface area contributed by atoms with Crippen LogP contribution in [0.3, 0.4) is 0 Å². The molecule has 5 rings (SSSR count). The molecule has 2 amide bonds. The van der Waals surface area contributed by atoms with Crippen molar-refractivity contribution in [2.75, 3.05) is 26.5 Å². The summed E-state index contributed by atoms with van der Waals surface area (Å²) in [5, 5.41) is 3.27. The first-order valence-electron chi connectivity index (χ1n) is 11.8. The van der Waals surface area contributed by atoms with Gasteiger partial charge in [-0.2, -0.15) is 0 Å². The van der Waals surface area contributed by atoms with Gasteiger partial charge in [-0.1, -0.05) is 6.07 Å². The largest absolute Gasteiger partial charge is 0.454 e. The highest BCUT2D eigenvalue weighted by Gasteiger charge is 2.25. The average molecular weight is 495 g/mol. The van der Waals surface area contributed by atoms with Crippen molar-refractivity contribution < 1.29 is 23.8 Å². The molecule has 1 aromatic heterocycles. The van der Waals surface area contributed by atoms with Gasteiger partial charge in [0.25, 0.3) is 11.5 Å². The SMILES string of the molecule is CCOC(=O)N1CCC(NC(=O)c2ccc3c(=O)n(Cc4ccc5c(c4)OCO5)c(=O)[nH]c3c2)CC1. The van der Waals surface area contributed by atoms with Gasteiger partial charge in [-0.05, 0) is 55.7 Å². The zero-order valence-corrected chi connectivity index (χ0v) is 19.7. The fourth-order valence-electron chi connectivity index (χ4n) is 4.45. The maximum atomic E-state index is 13.1. The Labute approximate surface area is 205 Å². The highest BCUT2D eigenvalue weighted by molar-refractivity contribution is 5.97. The zero-order valence-electron chi connectivity index (χ0n) is 19.7. The fourth-order valence-corrected chi connectivity index (χ4v) is 4.45. The number of aromatic nitrogens is 2. The molecule has 2 aliphatic heterocycles. The first-order valence-corrected chi connectivity index (χ1v) is 11.8. The molecule has 0 unspecified atom stereocenters. The smallest absolute Gasteiger partial charge is 0.409 e. The lowest BCUT2D eigenvalue weighted by molar-refractivity contribution is 0.0860. The monoisotopic (exact) mass is 494 g/mol. The van der Waals surface area contributed by atoms with E-state index in [2.05, 4.69) is 10.3 Å². The number of piperidine rings is 1. The Morgan fingerprint density at radius 1 is 1.08 bits per heavy atom. The number of amides is 2. The summed E-state index contributed by atoms with van der Waals surface area (Å²) in [5.41, 5.74) is 0.311. The highest BCUT2D eigenvalue weighted by atomic mass is 16.7. The molecule has 0 bridgehead atoms. The predicted octanol–water partition coefficient (Wildman–Crippen LogP) is 1.82. The quantitative estimate of drug-likeness (QED) is 0.553. The number of ether oxygens (including phenoxy) is 3. The molecule has 3 heterocycles. The third-order valence-corrected chi connectivity index (χ3v) is 6.38. The van der Waals surface area contributed by atoms with Crippen LogP contribution in [0.25, 0.3) is 10.9 Å². The number of nitrogens with one attached hydrogen (secondary N) is 2. The van der Waals surface area contributed by atoms with E-state index in [4.69, 9.17) is 14.2 Å². The zero-order chi connectivity index (χ0) is 25.2. The molecule has 0 radical (unpaired) electrons. The molecule has 3 aromatic rings. The van der Waals surface area contributed by atoms with Crippen LogP contribution in [-0.2, 0) is 11.3 Å². The van der Waals surface area contributed by atoms with Crippen LogP contribution in [0.4, 0.5) is 4.79 Å². The maximum absolute atomic E-state index is 13.1. The van der Waals surface area contributed by atoms with Gasteiger partial charge in [0.1, 0.15) is 0 Å². The maximum Gasteiger partial charge on any atom is 0.409 e. The molecule has 2 N–H and O–H groups in total. The Kier molecular flexibility index (Phi) is 6.36. The second kappa shape index (κ2) is 9.76. The van der Waals surface area contributed by atoms with Crippen LogP contribution in [-0.4, -0.2) is 59.0 Å². The van der Waals surface area contributed by atoms with E-state index in [9.17, 15) is 19.2 Å². The summed E-state index contributed by atoms with van der Waals surface area (Å²) >= 11 is 0. The van der Waals surface area contributed by atoms with E-state index < -0.39 is 11.2 Å². The molecule has 0 atom stereocenters. The van der Waals surface area contributed by atoms with Crippen molar-refractivity contribution in [2.24, 2.45) is 0 Å². The lowest BCUT2D eigenvalue weighted by atomic mass is 10.0. The Hall–Kier alpha value is -4.28. The molecule has 0 saturated carbocycles. The van der Waals surface area contributed by atoms with Gasteiger partial charge >= 0.3 is 11.8 Å². The van der Waals surface area contributed by atoms with Crippen LogP contribution in [0.15, 0.2) is 46.0 Å². The topological polar surface area (TPSA) is 132 Å². The summed E-state index contributed by atoms with van der Waals surface area (Å²) in [6.07, 6.45) is 0.879. The number of rotatable bonds is 5. The third-order valence-electron chi connectivity index (χ3n) is 6.38. The molecular formula is C25H26N4O7. The third kappa shape index (κ3) is 4.64. The number of hydrogen-bond donors (Lipinski definition) is 2. The summed E-state index contributed by atoms with van der Waals surface area (Å²) in [4.78, 5) is 54.8. The van der Waals surface area contributed by atoms with E-state index in [1.54, 1.807) is 42.2 Å².